The number of ether oxygens (including phenoxy) is 4. The van der Waals surface area contributed by atoms with Gasteiger partial charge in [0, 0.05) is 30.0 Å². The topological polar surface area (TPSA) is 99.0 Å². The molecule has 2 rings (SSSR count). The van der Waals surface area contributed by atoms with E-state index in [1.54, 1.807) is 37.3 Å². The second-order valence-corrected chi connectivity index (χ2v) is 7.71. The lowest BCUT2D eigenvalue weighted by molar-refractivity contribution is -0.126. The molecule has 1 atom stereocenters. The van der Waals surface area contributed by atoms with E-state index in [1.165, 1.54) is 6.92 Å². The maximum absolute atomic E-state index is 13.2. The van der Waals surface area contributed by atoms with Gasteiger partial charge in [0.15, 0.2) is 17.3 Å². The predicted molar refractivity (Wildman–Crippen MR) is 135 cm³/mol. The van der Waals surface area contributed by atoms with E-state index in [2.05, 4.69) is 10.2 Å². The molecule has 0 spiro atoms. The molecule has 0 bridgehead atoms. The fourth-order valence-electron chi connectivity index (χ4n) is 3.00. The largest absolute Gasteiger partial charge is 0.494 e. The summed E-state index contributed by atoms with van der Waals surface area (Å²) in [5, 5.41) is 8.28. The van der Waals surface area contributed by atoms with Gasteiger partial charge in [0.25, 0.3) is 5.91 Å². The first kappa shape index (κ1) is 28.2. The summed E-state index contributed by atoms with van der Waals surface area (Å²) in [5.74, 6) is 0.199. The molecule has 2 aromatic rings. The van der Waals surface area contributed by atoms with Crippen LogP contribution >= 0.6 is 23.4 Å². The Bertz CT molecular complexity index is 1040. The third-order valence-corrected chi connectivity index (χ3v) is 5.10. The number of hydrogen-bond donors (Lipinski definition) is 0. The van der Waals surface area contributed by atoms with Crippen LogP contribution in [0, 0.1) is 0 Å². The van der Waals surface area contributed by atoms with Crippen molar-refractivity contribution in [3.05, 3.63) is 35.4 Å². The average molecular weight is 526 g/mol. The van der Waals surface area contributed by atoms with Crippen molar-refractivity contribution in [1.29, 1.82) is 0 Å². The van der Waals surface area contributed by atoms with E-state index in [0.717, 1.165) is 4.42 Å². The predicted octanol–water partition coefficient (Wildman–Crippen LogP) is 6.16. The van der Waals surface area contributed by atoms with Crippen molar-refractivity contribution in [3.8, 4) is 23.0 Å². The summed E-state index contributed by atoms with van der Waals surface area (Å²) in [5.41, 5.74) is 0.385. The standard InChI is InChI=1S/C24H29Cl2N3O6/c1-6-32-17-12-16(13-18(14-17)33-7-2)29(26)24(31)21(15(5)30)27-28-22-19(25)10-11-20(34-8-3)23(22)35-9-4/h10-14,21H,6-9H2,1-5H3. The van der Waals surface area contributed by atoms with E-state index in [4.69, 9.17) is 42.3 Å². The summed E-state index contributed by atoms with van der Waals surface area (Å²) in [6.07, 6.45) is 0. The number of Topliss-reactive ketones (excluding diaryl/α,β-unsaturated/α-hetero) is 1. The minimum atomic E-state index is -1.53. The van der Waals surface area contributed by atoms with Crippen molar-refractivity contribution < 1.29 is 28.5 Å². The smallest absolute Gasteiger partial charge is 0.276 e. The molecule has 1 unspecified atom stereocenters. The van der Waals surface area contributed by atoms with Gasteiger partial charge in [-0.15, -0.1) is 5.11 Å². The van der Waals surface area contributed by atoms with E-state index < -0.39 is 17.7 Å². The summed E-state index contributed by atoms with van der Waals surface area (Å²) in [4.78, 5) is 25.5. The third kappa shape index (κ3) is 7.47. The molecule has 0 fully saturated rings. The Balaban J connectivity index is 2.43. The van der Waals surface area contributed by atoms with Gasteiger partial charge < -0.3 is 18.9 Å². The minimum absolute atomic E-state index is 0.136. The van der Waals surface area contributed by atoms with Gasteiger partial charge in [0.1, 0.15) is 17.2 Å². The molecule has 1 amide bonds. The lowest BCUT2D eigenvalue weighted by atomic mass is 10.2. The fourth-order valence-corrected chi connectivity index (χ4v) is 3.38. The summed E-state index contributed by atoms with van der Waals surface area (Å²) in [6, 6.07) is 6.47. The number of hydrogen-bond acceptors (Lipinski definition) is 8. The molecule has 190 valence electrons. The van der Waals surface area contributed by atoms with Gasteiger partial charge in [-0.25, -0.2) is 4.42 Å². The van der Waals surface area contributed by atoms with Crippen LogP contribution in [-0.2, 0) is 9.59 Å². The summed E-state index contributed by atoms with van der Waals surface area (Å²) in [7, 11) is 0. The highest BCUT2D eigenvalue weighted by Gasteiger charge is 2.30. The van der Waals surface area contributed by atoms with Crippen molar-refractivity contribution in [1.82, 2.24) is 0 Å². The Morgan fingerprint density at radius 2 is 1.49 bits per heavy atom. The quantitative estimate of drug-likeness (QED) is 0.176. The molecule has 11 heteroatoms. The van der Waals surface area contributed by atoms with E-state index in [1.807, 2.05) is 20.8 Å². The number of azo groups is 1. The number of benzene rings is 2. The van der Waals surface area contributed by atoms with Gasteiger partial charge in [0.05, 0.1) is 37.1 Å². The van der Waals surface area contributed by atoms with Crippen LogP contribution in [0.15, 0.2) is 40.6 Å². The average Bonchev–Trinajstić information content (AvgIpc) is 2.82. The van der Waals surface area contributed by atoms with Gasteiger partial charge in [-0.05, 0) is 46.8 Å². The lowest BCUT2D eigenvalue weighted by Crippen LogP contribution is -2.36. The molecule has 0 aliphatic heterocycles. The maximum Gasteiger partial charge on any atom is 0.276 e. The van der Waals surface area contributed by atoms with Crippen LogP contribution in [0.5, 0.6) is 23.0 Å². The summed E-state index contributed by atoms with van der Waals surface area (Å²) in [6.45, 7) is 9.98. The summed E-state index contributed by atoms with van der Waals surface area (Å²) >= 11 is 12.7. The Labute approximate surface area is 215 Å². The van der Waals surface area contributed by atoms with Crippen LogP contribution < -0.4 is 23.4 Å². The molecule has 0 aromatic heterocycles. The molecule has 0 heterocycles. The highest BCUT2D eigenvalue weighted by Crippen LogP contribution is 2.43. The molecule has 35 heavy (non-hydrogen) atoms. The Hall–Kier alpha value is -3.04. The molecule has 0 radical (unpaired) electrons. The lowest BCUT2D eigenvalue weighted by Gasteiger charge is -2.19. The van der Waals surface area contributed by atoms with Crippen LogP contribution in [0.25, 0.3) is 0 Å². The first-order valence-electron chi connectivity index (χ1n) is 11.2. The number of carbonyl (C=O) groups is 2. The van der Waals surface area contributed by atoms with Crippen molar-refractivity contribution in [2.45, 2.75) is 40.7 Å². The zero-order valence-electron chi connectivity index (χ0n) is 20.3. The monoisotopic (exact) mass is 525 g/mol. The zero-order valence-corrected chi connectivity index (χ0v) is 21.9. The number of anilines is 1. The molecular weight excluding hydrogens is 497 g/mol. The Kier molecular flexibility index (Phi) is 11.1. The number of nitrogens with zero attached hydrogens (tertiary/aromatic N) is 3. The highest BCUT2D eigenvalue weighted by atomic mass is 35.5. The van der Waals surface area contributed by atoms with E-state index in [-0.39, 0.29) is 22.1 Å². The first-order valence-corrected chi connectivity index (χ1v) is 11.9. The van der Waals surface area contributed by atoms with Gasteiger partial charge in [-0.3, -0.25) is 9.59 Å². The molecule has 0 saturated carbocycles. The highest BCUT2D eigenvalue weighted by molar-refractivity contribution is 6.39. The van der Waals surface area contributed by atoms with Gasteiger partial charge in [-0.2, -0.15) is 5.11 Å². The minimum Gasteiger partial charge on any atom is -0.494 e. The van der Waals surface area contributed by atoms with Crippen LogP contribution in [0.3, 0.4) is 0 Å². The molecule has 0 saturated heterocycles. The van der Waals surface area contributed by atoms with Crippen molar-refractivity contribution >= 4 is 46.4 Å². The van der Waals surface area contributed by atoms with E-state index in [0.29, 0.717) is 43.7 Å². The third-order valence-electron chi connectivity index (χ3n) is 4.43. The second kappa shape index (κ2) is 13.7. The van der Waals surface area contributed by atoms with Crippen LogP contribution in [-0.4, -0.2) is 44.2 Å². The van der Waals surface area contributed by atoms with Crippen molar-refractivity contribution in [3.63, 3.8) is 0 Å². The molecule has 9 nitrogen and oxygen atoms in total. The van der Waals surface area contributed by atoms with Crippen LogP contribution in [0.2, 0.25) is 5.02 Å². The number of halogens is 2. The maximum atomic E-state index is 13.2. The van der Waals surface area contributed by atoms with E-state index >= 15 is 0 Å². The van der Waals surface area contributed by atoms with E-state index in [9.17, 15) is 9.59 Å². The van der Waals surface area contributed by atoms with Crippen molar-refractivity contribution in [2.24, 2.45) is 10.2 Å². The second-order valence-electron chi connectivity index (χ2n) is 6.97. The molecule has 0 N–H and O–H groups in total. The first-order chi connectivity index (χ1) is 16.8. The van der Waals surface area contributed by atoms with Gasteiger partial charge in [0.2, 0.25) is 6.04 Å². The zero-order chi connectivity index (χ0) is 26.0. The number of amides is 1. The van der Waals surface area contributed by atoms with Crippen LogP contribution in [0.1, 0.15) is 34.6 Å². The van der Waals surface area contributed by atoms with Crippen molar-refractivity contribution in [2.75, 3.05) is 30.8 Å². The van der Waals surface area contributed by atoms with Gasteiger partial charge in [-0.1, -0.05) is 11.6 Å². The molecule has 0 aliphatic carbocycles. The Morgan fingerprint density at radius 1 is 0.914 bits per heavy atom. The summed E-state index contributed by atoms with van der Waals surface area (Å²) < 4.78 is 23.1. The molecule has 2 aromatic carbocycles. The number of rotatable bonds is 13. The van der Waals surface area contributed by atoms with Crippen LogP contribution in [0.4, 0.5) is 11.4 Å². The van der Waals surface area contributed by atoms with Gasteiger partial charge >= 0.3 is 0 Å². The number of ketones is 1. The Morgan fingerprint density at radius 3 is 2.00 bits per heavy atom. The number of carbonyl (C=O) groups excluding carboxylic acids is 2. The fraction of sp³-hybridized carbons (Fsp3) is 0.417. The molecular formula is C24H29Cl2N3O6. The molecule has 0 aliphatic rings. The SMILES string of the molecule is CCOc1cc(OCC)cc(N(Cl)C(=O)C(N=Nc2c(Cl)ccc(OCC)c2OCC)C(C)=O)c1. The normalized spacial score (nSPS) is 11.7.